The second kappa shape index (κ2) is 6.79. The van der Waals surface area contributed by atoms with Crippen LogP contribution in [0.25, 0.3) is 0 Å². The van der Waals surface area contributed by atoms with Crippen LogP contribution in [0.1, 0.15) is 22.7 Å². The lowest BCUT2D eigenvalue weighted by Crippen LogP contribution is -2.06. The SMILES string of the molecule is COc1ccc(C(Cc2cccc(F)c2)c2csc(N)n2)cc1. The Kier molecular flexibility index (Phi) is 4.57. The lowest BCUT2D eigenvalue weighted by molar-refractivity contribution is 0.414. The van der Waals surface area contributed by atoms with Gasteiger partial charge in [0.2, 0.25) is 0 Å². The fourth-order valence-corrected chi connectivity index (χ4v) is 3.21. The third-order valence-corrected chi connectivity index (χ3v) is 4.44. The number of hydrogen-bond acceptors (Lipinski definition) is 4. The maximum Gasteiger partial charge on any atom is 0.180 e. The molecule has 0 fully saturated rings. The summed E-state index contributed by atoms with van der Waals surface area (Å²) in [5, 5.41) is 2.50. The van der Waals surface area contributed by atoms with E-state index in [-0.39, 0.29) is 11.7 Å². The minimum atomic E-state index is -0.228. The molecule has 0 radical (unpaired) electrons. The van der Waals surface area contributed by atoms with Crippen LogP contribution in [0, 0.1) is 5.82 Å². The Bertz CT molecular complexity index is 786. The van der Waals surface area contributed by atoms with E-state index >= 15 is 0 Å². The van der Waals surface area contributed by atoms with E-state index in [1.807, 2.05) is 35.7 Å². The number of hydrogen-bond donors (Lipinski definition) is 1. The molecule has 0 aliphatic rings. The number of nitrogens with zero attached hydrogens (tertiary/aromatic N) is 1. The highest BCUT2D eigenvalue weighted by atomic mass is 32.1. The predicted molar refractivity (Wildman–Crippen MR) is 91.5 cm³/mol. The van der Waals surface area contributed by atoms with Crippen LogP contribution in [0.3, 0.4) is 0 Å². The van der Waals surface area contributed by atoms with Crippen LogP contribution in [0.15, 0.2) is 53.9 Å². The van der Waals surface area contributed by atoms with Gasteiger partial charge in [-0.1, -0.05) is 24.3 Å². The van der Waals surface area contributed by atoms with Crippen LogP contribution < -0.4 is 10.5 Å². The van der Waals surface area contributed by atoms with E-state index < -0.39 is 0 Å². The molecule has 1 atom stereocenters. The number of thiazole rings is 1. The molecule has 0 spiro atoms. The van der Waals surface area contributed by atoms with Gasteiger partial charge in [0.05, 0.1) is 12.8 Å². The van der Waals surface area contributed by atoms with Crippen molar-refractivity contribution >= 4 is 16.5 Å². The summed E-state index contributed by atoms with van der Waals surface area (Å²) in [6.45, 7) is 0. The fourth-order valence-electron chi connectivity index (χ4n) is 2.59. The van der Waals surface area contributed by atoms with Gasteiger partial charge in [0.25, 0.3) is 0 Å². The number of anilines is 1. The van der Waals surface area contributed by atoms with Gasteiger partial charge in [-0.2, -0.15) is 0 Å². The van der Waals surface area contributed by atoms with Gasteiger partial charge in [0.15, 0.2) is 5.13 Å². The highest BCUT2D eigenvalue weighted by Gasteiger charge is 2.18. The summed E-state index contributed by atoms with van der Waals surface area (Å²) >= 11 is 1.42. The molecule has 0 saturated carbocycles. The fraction of sp³-hybridized carbons (Fsp3) is 0.167. The van der Waals surface area contributed by atoms with Crippen molar-refractivity contribution in [3.63, 3.8) is 0 Å². The Morgan fingerprint density at radius 1 is 1.22 bits per heavy atom. The monoisotopic (exact) mass is 328 g/mol. The van der Waals surface area contributed by atoms with Gasteiger partial charge in [-0.3, -0.25) is 0 Å². The molecule has 2 N–H and O–H groups in total. The molecule has 3 nitrogen and oxygen atoms in total. The van der Waals surface area contributed by atoms with Crippen molar-refractivity contribution < 1.29 is 9.13 Å². The molecule has 5 heteroatoms. The zero-order valence-corrected chi connectivity index (χ0v) is 13.5. The molecule has 23 heavy (non-hydrogen) atoms. The summed E-state index contributed by atoms with van der Waals surface area (Å²) in [7, 11) is 1.64. The number of nitrogens with two attached hydrogens (primary N) is 1. The molecular formula is C18H17FN2OS. The normalized spacial score (nSPS) is 12.1. The molecule has 2 aromatic carbocycles. The first-order chi connectivity index (χ1) is 11.2. The summed E-state index contributed by atoms with van der Waals surface area (Å²) in [4.78, 5) is 4.42. The molecule has 0 saturated heterocycles. The van der Waals surface area contributed by atoms with Crippen LogP contribution >= 0.6 is 11.3 Å². The van der Waals surface area contributed by atoms with Gasteiger partial charge in [-0.05, 0) is 41.8 Å². The summed E-state index contributed by atoms with van der Waals surface area (Å²) in [6.07, 6.45) is 0.660. The van der Waals surface area contributed by atoms with Crippen molar-refractivity contribution in [1.29, 1.82) is 0 Å². The lowest BCUT2D eigenvalue weighted by atomic mass is 9.89. The van der Waals surface area contributed by atoms with Crippen molar-refractivity contribution in [3.05, 3.63) is 76.5 Å². The maximum absolute atomic E-state index is 13.5. The maximum atomic E-state index is 13.5. The van der Waals surface area contributed by atoms with Gasteiger partial charge < -0.3 is 10.5 Å². The van der Waals surface area contributed by atoms with E-state index in [1.165, 1.54) is 17.4 Å². The standard InChI is InChI=1S/C18H17FN2OS/c1-22-15-7-5-13(6-8-15)16(17-11-23-18(20)21-17)10-12-3-2-4-14(19)9-12/h2-9,11,16H,10H2,1H3,(H2,20,21). The number of rotatable bonds is 5. The molecule has 118 valence electrons. The first kappa shape index (κ1) is 15.5. The van der Waals surface area contributed by atoms with Gasteiger partial charge >= 0.3 is 0 Å². The Labute approximate surface area is 138 Å². The van der Waals surface area contributed by atoms with Crippen LogP contribution in [0.2, 0.25) is 0 Å². The van der Waals surface area contributed by atoms with Gasteiger partial charge in [-0.15, -0.1) is 11.3 Å². The predicted octanol–water partition coefficient (Wildman–Crippen LogP) is 4.25. The molecule has 0 aliphatic carbocycles. The number of methoxy groups -OCH3 is 1. The van der Waals surface area contributed by atoms with E-state index in [0.717, 1.165) is 22.6 Å². The molecule has 1 heterocycles. The van der Waals surface area contributed by atoms with Crippen molar-refractivity contribution in [1.82, 2.24) is 4.98 Å². The van der Waals surface area contributed by atoms with E-state index in [9.17, 15) is 4.39 Å². The Hall–Kier alpha value is -2.40. The summed E-state index contributed by atoms with van der Waals surface area (Å²) in [5.74, 6) is 0.598. The van der Waals surface area contributed by atoms with Crippen LogP contribution in [-0.2, 0) is 6.42 Å². The smallest absolute Gasteiger partial charge is 0.180 e. The van der Waals surface area contributed by atoms with Crippen LogP contribution in [-0.4, -0.2) is 12.1 Å². The number of halogens is 1. The first-order valence-corrected chi connectivity index (χ1v) is 8.13. The summed E-state index contributed by atoms with van der Waals surface area (Å²) in [6, 6.07) is 14.5. The minimum absolute atomic E-state index is 0.0243. The van der Waals surface area contributed by atoms with E-state index in [0.29, 0.717) is 11.6 Å². The number of benzene rings is 2. The second-order valence-corrected chi connectivity index (χ2v) is 6.16. The molecular weight excluding hydrogens is 311 g/mol. The molecule has 0 bridgehead atoms. The zero-order chi connectivity index (χ0) is 16.2. The van der Waals surface area contributed by atoms with Gasteiger partial charge in [-0.25, -0.2) is 9.37 Å². The van der Waals surface area contributed by atoms with E-state index in [4.69, 9.17) is 10.5 Å². The third kappa shape index (κ3) is 3.68. The van der Waals surface area contributed by atoms with E-state index in [2.05, 4.69) is 4.98 Å². The quantitative estimate of drug-likeness (QED) is 0.762. The van der Waals surface area contributed by atoms with Gasteiger partial charge in [0.1, 0.15) is 11.6 Å². The van der Waals surface area contributed by atoms with Crippen molar-refractivity contribution in [3.8, 4) is 5.75 Å². The first-order valence-electron chi connectivity index (χ1n) is 7.25. The summed E-state index contributed by atoms with van der Waals surface area (Å²) in [5.41, 5.74) is 8.72. The topological polar surface area (TPSA) is 48.1 Å². The molecule has 1 aromatic heterocycles. The second-order valence-electron chi connectivity index (χ2n) is 5.27. The Morgan fingerprint density at radius 2 is 2.00 bits per heavy atom. The zero-order valence-electron chi connectivity index (χ0n) is 12.7. The summed E-state index contributed by atoms with van der Waals surface area (Å²) < 4.78 is 18.7. The number of nitrogen functional groups attached to an aromatic ring is 1. The average molecular weight is 328 g/mol. The van der Waals surface area contributed by atoms with Crippen LogP contribution in [0.5, 0.6) is 5.75 Å². The highest BCUT2D eigenvalue weighted by molar-refractivity contribution is 7.13. The van der Waals surface area contributed by atoms with Crippen molar-refractivity contribution in [2.45, 2.75) is 12.3 Å². The molecule has 3 aromatic rings. The molecule has 3 rings (SSSR count). The van der Waals surface area contributed by atoms with E-state index in [1.54, 1.807) is 19.2 Å². The number of aromatic nitrogens is 1. The molecule has 0 aliphatic heterocycles. The average Bonchev–Trinajstić information content (AvgIpc) is 2.99. The van der Waals surface area contributed by atoms with Gasteiger partial charge in [0, 0.05) is 11.3 Å². The third-order valence-electron chi connectivity index (χ3n) is 3.74. The van der Waals surface area contributed by atoms with Crippen molar-refractivity contribution in [2.24, 2.45) is 0 Å². The Morgan fingerprint density at radius 3 is 2.61 bits per heavy atom. The van der Waals surface area contributed by atoms with Crippen LogP contribution in [0.4, 0.5) is 9.52 Å². The highest BCUT2D eigenvalue weighted by Crippen LogP contribution is 2.31. The molecule has 1 unspecified atom stereocenters. The minimum Gasteiger partial charge on any atom is -0.497 e. The number of ether oxygens (including phenoxy) is 1. The Balaban J connectivity index is 1.95. The molecule has 0 amide bonds. The van der Waals surface area contributed by atoms with Crippen molar-refractivity contribution in [2.75, 3.05) is 12.8 Å². The lowest BCUT2D eigenvalue weighted by Gasteiger charge is -2.16. The largest absolute Gasteiger partial charge is 0.497 e.